The lowest BCUT2D eigenvalue weighted by molar-refractivity contribution is -0.153. The first-order valence-corrected chi connectivity index (χ1v) is 8.11. The van der Waals surface area contributed by atoms with E-state index >= 15 is 0 Å². The summed E-state index contributed by atoms with van der Waals surface area (Å²) in [5.41, 5.74) is -0.405. The van der Waals surface area contributed by atoms with E-state index < -0.39 is 14.0 Å². The average molecular weight is 248 g/mol. The lowest BCUT2D eigenvalue weighted by atomic mass is 9.91. The molecular formula is C11H24O4Si. The fourth-order valence-electron chi connectivity index (χ4n) is 0.956. The van der Waals surface area contributed by atoms with Gasteiger partial charge in [0.05, 0.1) is 12.0 Å². The zero-order valence-electron chi connectivity index (χ0n) is 11.3. The van der Waals surface area contributed by atoms with E-state index in [1.807, 2.05) is 27.3 Å². The van der Waals surface area contributed by atoms with Crippen LogP contribution in [0.3, 0.4) is 0 Å². The molecule has 0 rings (SSSR count). The normalized spacial score (nSPS) is 12.6. The second kappa shape index (κ2) is 6.37. The third-order valence-corrected chi connectivity index (χ3v) is 5.93. The molecule has 0 heterocycles. The molecule has 0 aliphatic heterocycles. The van der Waals surface area contributed by atoms with E-state index in [4.69, 9.17) is 13.6 Å². The highest BCUT2D eigenvalue weighted by Crippen LogP contribution is 2.22. The van der Waals surface area contributed by atoms with Crippen LogP contribution < -0.4 is 0 Å². The van der Waals surface area contributed by atoms with Crippen molar-refractivity contribution in [3.8, 4) is 0 Å². The van der Waals surface area contributed by atoms with E-state index in [0.29, 0.717) is 12.7 Å². The molecule has 0 radical (unpaired) electrons. The van der Waals surface area contributed by atoms with Gasteiger partial charge in [-0.15, -0.1) is 0 Å². The number of ether oxygens (including phenoxy) is 1. The molecular weight excluding hydrogens is 224 g/mol. The van der Waals surface area contributed by atoms with E-state index in [2.05, 4.69) is 0 Å². The lowest BCUT2D eigenvalue weighted by Gasteiger charge is -2.24. The zero-order valence-corrected chi connectivity index (χ0v) is 12.3. The Labute approximate surface area is 99.5 Å². The van der Waals surface area contributed by atoms with Gasteiger partial charge in [0, 0.05) is 20.3 Å². The maximum absolute atomic E-state index is 11.7. The SMILES string of the molecule is CCC(C)(C)C(=O)OCC[Si](C)(OC)OC. The maximum Gasteiger partial charge on any atom is 0.337 e. The van der Waals surface area contributed by atoms with Crippen LogP contribution in [-0.4, -0.2) is 35.4 Å². The molecule has 0 saturated heterocycles. The molecule has 0 spiro atoms. The van der Waals surface area contributed by atoms with Crippen LogP contribution in [0.5, 0.6) is 0 Å². The van der Waals surface area contributed by atoms with Crippen molar-refractivity contribution in [2.45, 2.75) is 39.8 Å². The number of carbonyl (C=O) groups excluding carboxylic acids is 1. The van der Waals surface area contributed by atoms with Gasteiger partial charge in [0.2, 0.25) is 0 Å². The summed E-state index contributed by atoms with van der Waals surface area (Å²) in [6.45, 7) is 8.07. The number of carbonyl (C=O) groups is 1. The molecule has 0 aliphatic rings. The van der Waals surface area contributed by atoms with Crippen molar-refractivity contribution in [3.05, 3.63) is 0 Å². The van der Waals surface area contributed by atoms with E-state index in [1.54, 1.807) is 14.2 Å². The smallest absolute Gasteiger partial charge is 0.337 e. The minimum atomic E-state index is -2.11. The molecule has 5 heteroatoms. The van der Waals surface area contributed by atoms with Gasteiger partial charge in [-0.3, -0.25) is 4.79 Å². The van der Waals surface area contributed by atoms with Gasteiger partial charge >= 0.3 is 14.5 Å². The Balaban J connectivity index is 4.04. The van der Waals surface area contributed by atoms with Crippen molar-refractivity contribution in [2.24, 2.45) is 5.41 Å². The summed E-state index contributed by atoms with van der Waals surface area (Å²) >= 11 is 0. The Kier molecular flexibility index (Phi) is 6.21. The Morgan fingerprint density at radius 3 is 2.12 bits per heavy atom. The molecule has 0 amide bonds. The van der Waals surface area contributed by atoms with Crippen LogP contribution in [0.4, 0.5) is 0 Å². The van der Waals surface area contributed by atoms with Gasteiger partial charge in [0.25, 0.3) is 0 Å². The van der Waals surface area contributed by atoms with Gasteiger partial charge in [-0.1, -0.05) is 6.92 Å². The van der Waals surface area contributed by atoms with Crippen LogP contribution in [0.25, 0.3) is 0 Å². The summed E-state index contributed by atoms with van der Waals surface area (Å²) < 4.78 is 15.8. The highest BCUT2D eigenvalue weighted by molar-refractivity contribution is 6.66. The van der Waals surface area contributed by atoms with E-state index in [0.717, 1.165) is 6.42 Å². The van der Waals surface area contributed by atoms with Crippen LogP contribution in [0.1, 0.15) is 27.2 Å². The average Bonchev–Trinajstić information content (AvgIpc) is 2.28. The Morgan fingerprint density at radius 1 is 1.25 bits per heavy atom. The monoisotopic (exact) mass is 248 g/mol. The van der Waals surface area contributed by atoms with Crippen molar-refractivity contribution >= 4 is 14.5 Å². The second-order valence-corrected chi connectivity index (χ2v) is 8.25. The second-order valence-electron chi connectivity index (χ2n) is 4.67. The zero-order chi connectivity index (χ0) is 12.8. The molecule has 0 saturated carbocycles. The standard InChI is InChI=1S/C11H24O4Si/c1-7-11(2,3)10(12)15-8-9-16(6,13-4)14-5/h7-9H2,1-6H3. The minimum Gasteiger partial charge on any atom is -0.465 e. The fraction of sp³-hybridized carbons (Fsp3) is 0.909. The summed E-state index contributed by atoms with van der Waals surface area (Å²) in [7, 11) is 1.15. The molecule has 0 fully saturated rings. The van der Waals surface area contributed by atoms with Gasteiger partial charge in [-0.25, -0.2) is 0 Å². The highest BCUT2D eigenvalue weighted by atomic mass is 28.4. The highest BCUT2D eigenvalue weighted by Gasteiger charge is 2.31. The van der Waals surface area contributed by atoms with Crippen LogP contribution in [0.2, 0.25) is 12.6 Å². The van der Waals surface area contributed by atoms with Gasteiger partial charge in [-0.2, -0.15) is 0 Å². The van der Waals surface area contributed by atoms with Gasteiger partial charge in [0.15, 0.2) is 0 Å². The lowest BCUT2D eigenvalue weighted by Crippen LogP contribution is -2.38. The number of esters is 1. The van der Waals surface area contributed by atoms with Crippen molar-refractivity contribution < 1.29 is 18.4 Å². The summed E-state index contributed by atoms with van der Waals surface area (Å²) in [6.07, 6.45) is 0.773. The molecule has 0 unspecified atom stereocenters. The summed E-state index contributed by atoms with van der Waals surface area (Å²) in [6, 6.07) is 0.658. The Morgan fingerprint density at radius 2 is 1.75 bits per heavy atom. The molecule has 16 heavy (non-hydrogen) atoms. The van der Waals surface area contributed by atoms with Crippen LogP contribution >= 0.6 is 0 Å². The molecule has 0 N–H and O–H groups in total. The molecule has 0 aromatic rings. The molecule has 0 aliphatic carbocycles. The molecule has 0 atom stereocenters. The van der Waals surface area contributed by atoms with E-state index in [9.17, 15) is 4.79 Å². The predicted molar refractivity (Wildman–Crippen MR) is 65.5 cm³/mol. The molecule has 96 valence electrons. The number of hydrogen-bond donors (Lipinski definition) is 0. The molecule has 0 bridgehead atoms. The number of rotatable bonds is 7. The minimum absolute atomic E-state index is 0.154. The third-order valence-electron chi connectivity index (χ3n) is 3.09. The van der Waals surface area contributed by atoms with Crippen LogP contribution in [0, 0.1) is 5.41 Å². The van der Waals surface area contributed by atoms with Crippen molar-refractivity contribution in [2.75, 3.05) is 20.8 Å². The number of hydrogen-bond acceptors (Lipinski definition) is 4. The van der Waals surface area contributed by atoms with E-state index in [-0.39, 0.29) is 5.97 Å². The molecule has 0 aromatic heterocycles. The van der Waals surface area contributed by atoms with Gasteiger partial charge in [-0.05, 0) is 26.8 Å². The van der Waals surface area contributed by atoms with Crippen LogP contribution in [-0.2, 0) is 18.4 Å². The fourth-order valence-corrected chi connectivity index (χ4v) is 2.00. The predicted octanol–water partition coefficient (Wildman–Crippen LogP) is 2.33. The van der Waals surface area contributed by atoms with Crippen molar-refractivity contribution in [1.29, 1.82) is 0 Å². The molecule has 4 nitrogen and oxygen atoms in total. The topological polar surface area (TPSA) is 44.8 Å². The first-order chi connectivity index (χ1) is 7.31. The van der Waals surface area contributed by atoms with Crippen molar-refractivity contribution in [3.63, 3.8) is 0 Å². The first-order valence-electron chi connectivity index (χ1n) is 5.59. The van der Waals surface area contributed by atoms with Crippen molar-refractivity contribution in [1.82, 2.24) is 0 Å². The van der Waals surface area contributed by atoms with Gasteiger partial charge < -0.3 is 13.6 Å². The third kappa shape index (κ3) is 4.63. The largest absolute Gasteiger partial charge is 0.465 e. The molecule has 0 aromatic carbocycles. The quantitative estimate of drug-likeness (QED) is 0.512. The summed E-state index contributed by atoms with van der Waals surface area (Å²) in [5, 5.41) is 0. The first kappa shape index (κ1) is 15.6. The van der Waals surface area contributed by atoms with Gasteiger partial charge in [0.1, 0.15) is 0 Å². The summed E-state index contributed by atoms with van der Waals surface area (Å²) in [4.78, 5) is 11.7. The van der Waals surface area contributed by atoms with Crippen LogP contribution in [0.15, 0.2) is 0 Å². The van der Waals surface area contributed by atoms with E-state index in [1.165, 1.54) is 0 Å². The maximum atomic E-state index is 11.7. The Hall–Kier alpha value is -0.393. The Bertz CT molecular complexity index is 224. The summed E-state index contributed by atoms with van der Waals surface area (Å²) in [5.74, 6) is -0.154.